The summed E-state index contributed by atoms with van der Waals surface area (Å²) in [6, 6.07) is 22.5. The molecule has 0 aliphatic rings. The summed E-state index contributed by atoms with van der Waals surface area (Å²) in [6.07, 6.45) is 1.49. The fraction of sp³-hybridized carbons (Fsp3) is 0.0741. The second-order valence-corrected chi connectivity index (χ2v) is 10.0. The van der Waals surface area contributed by atoms with Gasteiger partial charge in [0.15, 0.2) is 0 Å². The molecule has 2 aromatic heterocycles. The second-order valence-electron chi connectivity index (χ2n) is 8.38. The lowest BCUT2D eigenvalue weighted by Gasteiger charge is -2.13. The van der Waals surface area contributed by atoms with Gasteiger partial charge in [-0.05, 0) is 55.0 Å². The van der Waals surface area contributed by atoms with E-state index in [9.17, 15) is 13.2 Å². The normalized spacial score (nSPS) is 11.4. The number of hydrogen-bond donors (Lipinski definition) is 2. The Morgan fingerprint density at radius 2 is 1.68 bits per heavy atom. The summed E-state index contributed by atoms with van der Waals surface area (Å²) in [4.78, 5) is 21.9. The molecule has 3 N–H and O–H groups in total. The molecule has 0 radical (unpaired) electrons. The second kappa shape index (κ2) is 9.40. The fourth-order valence-electron chi connectivity index (χ4n) is 3.98. The van der Waals surface area contributed by atoms with Gasteiger partial charge in [-0.1, -0.05) is 42.0 Å². The van der Waals surface area contributed by atoms with Gasteiger partial charge in [0.2, 0.25) is 11.8 Å². The van der Waals surface area contributed by atoms with Crippen LogP contribution in [0.4, 0.5) is 11.6 Å². The van der Waals surface area contributed by atoms with E-state index in [1.165, 1.54) is 23.9 Å². The molecule has 0 atom stereocenters. The average Bonchev–Trinajstić information content (AvgIpc) is 2.90. The van der Waals surface area contributed by atoms with Crippen molar-refractivity contribution in [2.75, 3.05) is 17.6 Å². The molecule has 37 heavy (non-hydrogen) atoms. The fourth-order valence-corrected chi connectivity index (χ4v) is 5.18. The summed E-state index contributed by atoms with van der Waals surface area (Å²) in [7, 11) is -2.68. The van der Waals surface area contributed by atoms with E-state index in [0.717, 1.165) is 5.56 Å². The van der Waals surface area contributed by atoms with Crippen LogP contribution in [0.25, 0.3) is 27.7 Å². The molecule has 0 aliphatic carbocycles. The van der Waals surface area contributed by atoms with Crippen molar-refractivity contribution in [2.24, 2.45) is 0 Å². The number of benzene rings is 3. The van der Waals surface area contributed by atoms with Crippen molar-refractivity contribution in [3.05, 3.63) is 101 Å². The highest BCUT2D eigenvalue weighted by Crippen LogP contribution is 2.30. The number of nitrogens with two attached hydrogens (primary N) is 1. The van der Waals surface area contributed by atoms with Crippen molar-refractivity contribution in [1.82, 2.24) is 14.5 Å². The molecule has 0 fully saturated rings. The van der Waals surface area contributed by atoms with Crippen LogP contribution >= 0.6 is 0 Å². The van der Waals surface area contributed by atoms with Gasteiger partial charge < -0.3 is 10.5 Å². The number of anilines is 2. The topological polar surface area (TPSA) is 129 Å². The van der Waals surface area contributed by atoms with Crippen LogP contribution in [0.3, 0.4) is 0 Å². The third-order valence-electron chi connectivity index (χ3n) is 5.85. The Morgan fingerprint density at radius 1 is 0.946 bits per heavy atom. The number of fused-ring (bicyclic) bond motifs is 1. The molecule has 3 aromatic carbocycles. The van der Waals surface area contributed by atoms with Gasteiger partial charge in [0.25, 0.3) is 15.6 Å². The van der Waals surface area contributed by atoms with Gasteiger partial charge in [-0.25, -0.2) is 23.0 Å². The van der Waals surface area contributed by atoms with Crippen molar-refractivity contribution < 1.29 is 13.2 Å². The third kappa shape index (κ3) is 4.62. The Morgan fingerprint density at radius 3 is 2.38 bits per heavy atom. The third-order valence-corrected chi connectivity index (χ3v) is 7.22. The minimum absolute atomic E-state index is 0.0509. The molecule has 0 spiro atoms. The first-order valence-electron chi connectivity index (χ1n) is 11.3. The number of pyridine rings is 1. The van der Waals surface area contributed by atoms with Crippen molar-refractivity contribution in [1.29, 1.82) is 0 Å². The van der Waals surface area contributed by atoms with Gasteiger partial charge in [0, 0.05) is 17.4 Å². The Balaban J connectivity index is 1.61. The molecule has 0 saturated heterocycles. The molecule has 0 unspecified atom stereocenters. The average molecular weight is 514 g/mol. The standard InChI is InChI=1S/C27H23N5O4S/c1-17-8-11-20(12-9-17)31-37(34,35)24-15-19(16-29-25(24)36-2)18-10-13-23-22(14-18)26(33)32(27(28)30-23)21-6-4-3-5-7-21/h3-16,31H,1-2H3,(H2,28,30). The molecule has 0 bridgehead atoms. The van der Waals surface area contributed by atoms with E-state index < -0.39 is 10.0 Å². The van der Waals surface area contributed by atoms with Crippen LogP contribution in [0, 0.1) is 6.92 Å². The summed E-state index contributed by atoms with van der Waals surface area (Å²) in [6.45, 7) is 1.91. The summed E-state index contributed by atoms with van der Waals surface area (Å²) in [5.41, 5.74) is 9.24. The van der Waals surface area contributed by atoms with E-state index in [1.54, 1.807) is 54.6 Å². The Labute approximate surface area is 213 Å². The summed E-state index contributed by atoms with van der Waals surface area (Å²) >= 11 is 0. The summed E-state index contributed by atoms with van der Waals surface area (Å²) in [5.74, 6) is 0.0168. The molecule has 5 rings (SSSR count). The van der Waals surface area contributed by atoms with Crippen LogP contribution in [0.2, 0.25) is 0 Å². The van der Waals surface area contributed by atoms with Crippen molar-refractivity contribution in [2.45, 2.75) is 11.8 Å². The molecule has 186 valence electrons. The van der Waals surface area contributed by atoms with Crippen LogP contribution in [0.1, 0.15) is 5.56 Å². The Kier molecular flexibility index (Phi) is 6.10. The van der Waals surface area contributed by atoms with Gasteiger partial charge in [-0.3, -0.25) is 9.52 Å². The largest absolute Gasteiger partial charge is 0.480 e. The van der Waals surface area contributed by atoms with E-state index in [0.29, 0.717) is 33.4 Å². The zero-order valence-electron chi connectivity index (χ0n) is 20.0. The number of aryl methyl sites for hydroxylation is 1. The van der Waals surface area contributed by atoms with Crippen LogP contribution in [-0.2, 0) is 10.0 Å². The van der Waals surface area contributed by atoms with Crippen LogP contribution < -0.4 is 20.8 Å². The smallest absolute Gasteiger partial charge is 0.267 e. The number of aromatic nitrogens is 3. The molecular weight excluding hydrogens is 490 g/mol. The number of hydrogen-bond acceptors (Lipinski definition) is 7. The Bertz CT molecular complexity index is 1780. The maximum atomic E-state index is 13.4. The molecule has 0 amide bonds. The highest BCUT2D eigenvalue weighted by atomic mass is 32.2. The van der Waals surface area contributed by atoms with Gasteiger partial charge >= 0.3 is 0 Å². The van der Waals surface area contributed by atoms with E-state index in [2.05, 4.69) is 14.7 Å². The van der Waals surface area contributed by atoms with Crippen molar-refractivity contribution in [3.63, 3.8) is 0 Å². The van der Waals surface area contributed by atoms with E-state index >= 15 is 0 Å². The van der Waals surface area contributed by atoms with Crippen LogP contribution in [0.15, 0.2) is 94.7 Å². The molecule has 9 nitrogen and oxygen atoms in total. The minimum atomic E-state index is -4.03. The first-order chi connectivity index (χ1) is 17.8. The lowest BCUT2D eigenvalue weighted by atomic mass is 10.1. The number of nitrogens with one attached hydrogen (secondary N) is 1. The number of rotatable bonds is 6. The number of methoxy groups -OCH3 is 1. The predicted molar refractivity (Wildman–Crippen MR) is 144 cm³/mol. The molecular formula is C27H23N5O4S. The SMILES string of the molecule is COc1ncc(-c2ccc3nc(N)n(-c4ccccc4)c(=O)c3c2)cc1S(=O)(=O)Nc1ccc(C)cc1. The monoisotopic (exact) mass is 513 g/mol. The van der Waals surface area contributed by atoms with Crippen molar-refractivity contribution >= 4 is 32.6 Å². The van der Waals surface area contributed by atoms with Crippen LogP contribution in [-0.4, -0.2) is 30.1 Å². The highest BCUT2D eigenvalue weighted by Gasteiger charge is 2.22. The van der Waals surface area contributed by atoms with Gasteiger partial charge in [-0.15, -0.1) is 0 Å². The summed E-state index contributed by atoms with van der Waals surface area (Å²) in [5, 5.41) is 0.327. The van der Waals surface area contributed by atoms with E-state index in [4.69, 9.17) is 10.5 Å². The number of nitrogens with zero attached hydrogens (tertiary/aromatic N) is 3. The Hall–Kier alpha value is -4.70. The molecule has 2 heterocycles. The lowest BCUT2D eigenvalue weighted by molar-refractivity contribution is 0.385. The molecule has 0 saturated carbocycles. The highest BCUT2D eigenvalue weighted by molar-refractivity contribution is 7.92. The van der Waals surface area contributed by atoms with E-state index in [1.807, 2.05) is 25.1 Å². The van der Waals surface area contributed by atoms with E-state index in [-0.39, 0.29) is 22.3 Å². The quantitative estimate of drug-likeness (QED) is 0.349. The first-order valence-corrected chi connectivity index (χ1v) is 12.8. The molecule has 10 heteroatoms. The van der Waals surface area contributed by atoms with Gasteiger partial charge in [0.05, 0.1) is 23.7 Å². The molecule has 0 aliphatic heterocycles. The van der Waals surface area contributed by atoms with Gasteiger partial charge in [-0.2, -0.15) is 0 Å². The van der Waals surface area contributed by atoms with Gasteiger partial charge in [0.1, 0.15) is 4.90 Å². The number of nitrogen functional groups attached to an aromatic ring is 1. The summed E-state index contributed by atoms with van der Waals surface area (Å²) < 4.78 is 35.6. The lowest BCUT2D eigenvalue weighted by Crippen LogP contribution is -2.23. The maximum absolute atomic E-state index is 13.4. The number of para-hydroxylation sites is 1. The zero-order valence-corrected chi connectivity index (χ0v) is 20.9. The van der Waals surface area contributed by atoms with Crippen LogP contribution in [0.5, 0.6) is 5.88 Å². The molecule has 5 aromatic rings. The minimum Gasteiger partial charge on any atom is -0.480 e. The number of sulfonamides is 1. The predicted octanol–water partition coefficient (Wildman–Crippen LogP) is 4.15. The van der Waals surface area contributed by atoms with Crippen molar-refractivity contribution in [3.8, 4) is 22.7 Å². The maximum Gasteiger partial charge on any atom is 0.267 e. The zero-order chi connectivity index (χ0) is 26.2. The first kappa shape index (κ1) is 24.0. The number of ether oxygens (including phenoxy) is 1.